The van der Waals surface area contributed by atoms with Gasteiger partial charge in [-0.15, -0.1) is 0 Å². The van der Waals surface area contributed by atoms with E-state index in [0.717, 1.165) is 0 Å². The molecule has 124 valence electrons. The summed E-state index contributed by atoms with van der Waals surface area (Å²) < 4.78 is 20.6. The number of hydrogen-bond donors (Lipinski definition) is 3. The predicted molar refractivity (Wildman–Crippen MR) is 71.6 cm³/mol. The first-order valence-corrected chi connectivity index (χ1v) is 6.62. The second-order valence-corrected chi connectivity index (χ2v) is 3.83. The molecule has 3 N–H and O–H groups in total. The Bertz CT molecular complexity index is 248. The number of rotatable bonds is 15. The first-order chi connectivity index (χ1) is 10.1. The molecule has 21 heavy (non-hydrogen) atoms. The molecule has 1 amide bonds. The molecule has 0 aliphatic carbocycles. The van der Waals surface area contributed by atoms with Gasteiger partial charge in [0.25, 0.3) is 0 Å². The summed E-state index contributed by atoms with van der Waals surface area (Å²) in [6, 6.07) is 0. The molecule has 9 nitrogen and oxygen atoms in total. The lowest BCUT2D eigenvalue weighted by molar-refractivity contribution is -0.138. The normalized spacial score (nSPS) is 10.5. The minimum absolute atomic E-state index is 0.00883. The van der Waals surface area contributed by atoms with Gasteiger partial charge in [0.1, 0.15) is 0 Å². The van der Waals surface area contributed by atoms with Gasteiger partial charge in [-0.2, -0.15) is 0 Å². The van der Waals surface area contributed by atoms with E-state index in [0.29, 0.717) is 46.2 Å². The van der Waals surface area contributed by atoms with E-state index in [1.807, 2.05) is 0 Å². The quantitative estimate of drug-likeness (QED) is 0.355. The monoisotopic (exact) mass is 309 g/mol. The molecule has 0 aliphatic rings. The van der Waals surface area contributed by atoms with E-state index in [1.165, 1.54) is 0 Å². The second kappa shape index (κ2) is 15.0. The zero-order chi connectivity index (χ0) is 15.8. The molecule has 0 atom stereocenters. The summed E-state index contributed by atoms with van der Waals surface area (Å²) >= 11 is 0. The van der Waals surface area contributed by atoms with Crippen LogP contribution in [0.4, 0.5) is 4.79 Å². The van der Waals surface area contributed by atoms with Crippen LogP contribution in [0.3, 0.4) is 0 Å². The summed E-state index contributed by atoms with van der Waals surface area (Å²) in [5, 5.41) is 18.8. The van der Waals surface area contributed by atoms with Crippen LogP contribution in [0.25, 0.3) is 0 Å². The minimum atomic E-state index is -1.07. The lowest BCUT2D eigenvalue weighted by atomic mass is 10.5. The van der Waals surface area contributed by atoms with Gasteiger partial charge >= 0.3 is 12.1 Å². The van der Waals surface area contributed by atoms with Gasteiger partial charge < -0.3 is 34.5 Å². The van der Waals surface area contributed by atoms with Crippen LogP contribution in [0, 0.1) is 0 Å². The third kappa shape index (κ3) is 18.6. The highest BCUT2D eigenvalue weighted by Crippen LogP contribution is 1.85. The van der Waals surface area contributed by atoms with E-state index in [4.69, 9.17) is 29.2 Å². The largest absolute Gasteiger partial charge is 0.481 e. The molecule has 0 heterocycles. The number of nitrogens with one attached hydrogen (secondary N) is 1. The molecule has 0 aromatic carbocycles. The molecule has 0 aliphatic heterocycles. The van der Waals surface area contributed by atoms with Crippen LogP contribution in [-0.4, -0.2) is 81.7 Å². The summed E-state index contributed by atoms with van der Waals surface area (Å²) in [6.07, 6.45) is -1.08. The maximum atomic E-state index is 10.2. The van der Waals surface area contributed by atoms with Gasteiger partial charge in [-0.05, 0) is 0 Å². The van der Waals surface area contributed by atoms with Gasteiger partial charge in [0.15, 0.2) is 0 Å². The van der Waals surface area contributed by atoms with Crippen molar-refractivity contribution in [2.24, 2.45) is 0 Å². The van der Waals surface area contributed by atoms with E-state index in [-0.39, 0.29) is 19.6 Å². The van der Waals surface area contributed by atoms with Crippen LogP contribution < -0.4 is 5.32 Å². The van der Waals surface area contributed by atoms with Gasteiger partial charge in [0, 0.05) is 6.54 Å². The number of carboxylic acid groups (broad SMARTS) is 2. The summed E-state index contributed by atoms with van der Waals surface area (Å²) in [5.41, 5.74) is 0. The van der Waals surface area contributed by atoms with Crippen molar-refractivity contribution in [3.8, 4) is 0 Å². The van der Waals surface area contributed by atoms with Gasteiger partial charge in [-0.3, -0.25) is 4.79 Å². The highest BCUT2D eigenvalue weighted by atomic mass is 16.6. The molecule has 0 unspecified atom stereocenters. The van der Waals surface area contributed by atoms with Crippen LogP contribution in [0.5, 0.6) is 0 Å². The maximum Gasteiger partial charge on any atom is 0.404 e. The maximum absolute atomic E-state index is 10.2. The molecule has 0 fully saturated rings. The molecular weight excluding hydrogens is 286 g/mol. The Hall–Kier alpha value is -1.42. The zero-order valence-electron chi connectivity index (χ0n) is 11.9. The highest BCUT2D eigenvalue weighted by molar-refractivity contribution is 5.66. The van der Waals surface area contributed by atoms with E-state index >= 15 is 0 Å². The number of ether oxygens (including phenoxy) is 4. The summed E-state index contributed by atoms with van der Waals surface area (Å²) in [7, 11) is 0. The molecule has 0 rings (SSSR count). The average Bonchev–Trinajstić information content (AvgIpc) is 2.42. The van der Waals surface area contributed by atoms with Crippen LogP contribution in [0.1, 0.15) is 6.42 Å². The minimum Gasteiger partial charge on any atom is -0.481 e. The highest BCUT2D eigenvalue weighted by Gasteiger charge is 1.96. The molecule has 9 heteroatoms. The van der Waals surface area contributed by atoms with Crippen molar-refractivity contribution in [3.05, 3.63) is 0 Å². The molecule has 0 aromatic heterocycles. The van der Waals surface area contributed by atoms with Gasteiger partial charge in [0.05, 0.1) is 59.3 Å². The summed E-state index contributed by atoms with van der Waals surface area (Å²) in [6.45, 7) is 3.12. The Morgan fingerprint density at radius 3 is 1.57 bits per heavy atom. The molecule has 0 radical (unpaired) electrons. The van der Waals surface area contributed by atoms with Crippen molar-refractivity contribution >= 4 is 12.1 Å². The number of amides is 1. The van der Waals surface area contributed by atoms with Crippen LogP contribution >= 0.6 is 0 Å². The third-order valence-electron chi connectivity index (χ3n) is 2.10. The number of aliphatic carboxylic acids is 1. The van der Waals surface area contributed by atoms with Crippen molar-refractivity contribution in [1.82, 2.24) is 5.32 Å². The Kier molecular flexibility index (Phi) is 14.0. The van der Waals surface area contributed by atoms with Crippen molar-refractivity contribution < 1.29 is 38.7 Å². The van der Waals surface area contributed by atoms with Gasteiger partial charge in [0.2, 0.25) is 0 Å². The van der Waals surface area contributed by atoms with Gasteiger partial charge in [-0.1, -0.05) is 0 Å². The van der Waals surface area contributed by atoms with Crippen LogP contribution in [-0.2, 0) is 23.7 Å². The van der Waals surface area contributed by atoms with Crippen molar-refractivity contribution in [2.45, 2.75) is 6.42 Å². The van der Waals surface area contributed by atoms with E-state index in [1.54, 1.807) is 0 Å². The smallest absolute Gasteiger partial charge is 0.404 e. The fourth-order valence-corrected chi connectivity index (χ4v) is 1.15. The van der Waals surface area contributed by atoms with Crippen LogP contribution in [0.2, 0.25) is 0 Å². The molecule has 0 saturated heterocycles. The fraction of sp³-hybridized carbons (Fsp3) is 0.833. The van der Waals surface area contributed by atoms with Crippen molar-refractivity contribution in [2.75, 3.05) is 59.4 Å². The van der Waals surface area contributed by atoms with Crippen molar-refractivity contribution in [1.29, 1.82) is 0 Å². The Labute approximate surface area is 123 Å². The van der Waals surface area contributed by atoms with Gasteiger partial charge in [-0.25, -0.2) is 4.79 Å². The lowest BCUT2D eigenvalue weighted by Gasteiger charge is -2.07. The van der Waals surface area contributed by atoms with E-state index in [9.17, 15) is 9.59 Å². The topological polar surface area (TPSA) is 124 Å². The number of carbonyl (C=O) groups is 2. The van der Waals surface area contributed by atoms with E-state index < -0.39 is 12.1 Å². The SMILES string of the molecule is O=C(O)CCOCCOCCOCCOCCNC(=O)O. The molecule has 0 bridgehead atoms. The molecular formula is C12H23NO8. The molecule has 0 spiro atoms. The Morgan fingerprint density at radius 2 is 1.14 bits per heavy atom. The number of hydrogen-bond acceptors (Lipinski definition) is 6. The van der Waals surface area contributed by atoms with E-state index in [2.05, 4.69) is 5.32 Å². The first-order valence-electron chi connectivity index (χ1n) is 6.62. The second-order valence-electron chi connectivity index (χ2n) is 3.83. The summed E-state index contributed by atoms with van der Waals surface area (Å²) in [4.78, 5) is 20.3. The van der Waals surface area contributed by atoms with Crippen molar-refractivity contribution in [3.63, 3.8) is 0 Å². The zero-order valence-corrected chi connectivity index (χ0v) is 11.9. The standard InChI is InChI=1S/C12H23NO8/c14-11(15)1-3-18-5-7-20-9-10-21-8-6-19-4-2-13-12(16)17/h13H,1-10H2,(H,14,15)(H,16,17). The lowest BCUT2D eigenvalue weighted by Crippen LogP contribution is -2.25. The Balaban J connectivity index is 2.99. The summed E-state index contributed by atoms with van der Waals surface area (Å²) in [5.74, 6) is -0.884. The average molecular weight is 309 g/mol. The first kappa shape index (κ1) is 19.6. The van der Waals surface area contributed by atoms with Crippen LogP contribution in [0.15, 0.2) is 0 Å². The molecule has 0 aromatic rings. The fourth-order valence-electron chi connectivity index (χ4n) is 1.15. The molecule has 0 saturated carbocycles. The Morgan fingerprint density at radius 1 is 0.714 bits per heavy atom. The third-order valence-corrected chi connectivity index (χ3v) is 2.10. The number of carboxylic acids is 1. The predicted octanol–water partition coefficient (Wildman–Crippen LogP) is -0.205.